The van der Waals surface area contributed by atoms with Gasteiger partial charge in [0.25, 0.3) is 5.91 Å². The summed E-state index contributed by atoms with van der Waals surface area (Å²) in [5, 5.41) is 3.24. The number of halogens is 2. The third-order valence-corrected chi connectivity index (χ3v) is 4.12. The molecule has 0 spiro atoms. The highest BCUT2D eigenvalue weighted by atomic mass is 35.5. The molecule has 1 aliphatic rings. The lowest BCUT2D eigenvalue weighted by molar-refractivity contribution is -0.158. The number of benzene rings is 1. The molecular formula is C16H24ClFN2O2. The lowest BCUT2D eigenvalue weighted by atomic mass is 9.90. The maximum absolute atomic E-state index is 13.3. The molecule has 2 rings (SSSR count). The van der Waals surface area contributed by atoms with Crippen LogP contribution in [0.2, 0.25) is 0 Å². The molecule has 0 atom stereocenters. The fraction of sp³-hybridized carbons (Fsp3) is 0.562. The number of carbonyl (C=O) groups is 1. The van der Waals surface area contributed by atoms with E-state index in [1.54, 1.807) is 18.1 Å². The van der Waals surface area contributed by atoms with Gasteiger partial charge in [-0.25, -0.2) is 4.39 Å². The average molecular weight is 331 g/mol. The van der Waals surface area contributed by atoms with Crippen LogP contribution in [0.15, 0.2) is 24.3 Å². The normalized spacial score (nSPS) is 16.7. The third-order valence-electron chi connectivity index (χ3n) is 4.12. The molecule has 1 heterocycles. The van der Waals surface area contributed by atoms with E-state index < -0.39 is 5.60 Å². The summed E-state index contributed by atoms with van der Waals surface area (Å²) in [5.41, 5.74) is 0.0552. The maximum Gasteiger partial charge on any atom is 0.255 e. The van der Waals surface area contributed by atoms with Crippen molar-refractivity contribution in [2.45, 2.75) is 31.9 Å². The van der Waals surface area contributed by atoms with Crippen molar-refractivity contribution >= 4 is 18.3 Å². The van der Waals surface area contributed by atoms with Crippen LogP contribution in [0.25, 0.3) is 0 Å². The number of ether oxygens (including phenoxy) is 1. The fourth-order valence-corrected chi connectivity index (χ4v) is 2.81. The number of likely N-dealkylation sites (N-methyl/N-ethyl adjacent to an activating group) is 1. The van der Waals surface area contributed by atoms with Gasteiger partial charge in [-0.1, -0.05) is 12.1 Å². The number of amides is 1. The van der Waals surface area contributed by atoms with Crippen LogP contribution in [-0.2, 0) is 16.1 Å². The monoisotopic (exact) mass is 330 g/mol. The van der Waals surface area contributed by atoms with Gasteiger partial charge in [0, 0.05) is 20.2 Å². The zero-order valence-electron chi connectivity index (χ0n) is 13.1. The van der Waals surface area contributed by atoms with Gasteiger partial charge in [-0.15, -0.1) is 12.4 Å². The summed E-state index contributed by atoms with van der Waals surface area (Å²) >= 11 is 0. The van der Waals surface area contributed by atoms with E-state index in [1.807, 2.05) is 13.0 Å². The fourth-order valence-electron chi connectivity index (χ4n) is 2.81. The van der Waals surface area contributed by atoms with Gasteiger partial charge < -0.3 is 15.0 Å². The van der Waals surface area contributed by atoms with Crippen molar-refractivity contribution in [3.05, 3.63) is 35.6 Å². The highest BCUT2D eigenvalue weighted by Gasteiger charge is 2.41. The summed E-state index contributed by atoms with van der Waals surface area (Å²) in [7, 11) is 1.60. The van der Waals surface area contributed by atoms with Crippen molar-refractivity contribution in [1.82, 2.24) is 10.2 Å². The number of piperidine rings is 1. The van der Waals surface area contributed by atoms with Crippen molar-refractivity contribution in [3.63, 3.8) is 0 Å². The molecule has 1 amide bonds. The Labute approximate surface area is 137 Å². The van der Waals surface area contributed by atoms with Crippen LogP contribution in [0.5, 0.6) is 0 Å². The Bertz CT molecular complexity index is 493. The number of hydrogen-bond donors (Lipinski definition) is 1. The van der Waals surface area contributed by atoms with Crippen molar-refractivity contribution < 1.29 is 13.9 Å². The van der Waals surface area contributed by atoms with Gasteiger partial charge in [-0.3, -0.25) is 4.79 Å². The molecule has 1 saturated heterocycles. The first-order valence-corrected chi connectivity index (χ1v) is 7.41. The predicted molar refractivity (Wildman–Crippen MR) is 86.6 cm³/mol. The Morgan fingerprint density at radius 3 is 2.64 bits per heavy atom. The van der Waals surface area contributed by atoms with Crippen LogP contribution in [0, 0.1) is 5.82 Å². The van der Waals surface area contributed by atoms with E-state index in [4.69, 9.17) is 4.74 Å². The lowest BCUT2D eigenvalue weighted by Gasteiger charge is -2.38. The molecule has 6 heteroatoms. The van der Waals surface area contributed by atoms with Crippen LogP contribution in [0.3, 0.4) is 0 Å². The first-order chi connectivity index (χ1) is 10.1. The Balaban J connectivity index is 0.00000242. The minimum absolute atomic E-state index is 0. The lowest BCUT2D eigenvalue weighted by Crippen LogP contribution is -2.55. The molecule has 1 aromatic carbocycles. The second-order valence-electron chi connectivity index (χ2n) is 5.40. The molecule has 0 bridgehead atoms. The minimum atomic E-state index is -0.741. The predicted octanol–water partition coefficient (Wildman–Crippen LogP) is 2.36. The summed E-state index contributed by atoms with van der Waals surface area (Å²) in [6, 6.07) is 6.38. The molecule has 0 saturated carbocycles. The van der Waals surface area contributed by atoms with Gasteiger partial charge in [0.05, 0.1) is 0 Å². The highest BCUT2D eigenvalue weighted by Crippen LogP contribution is 2.26. The SMILES string of the molecule is CCN(Cc1cccc(F)c1)C(=O)C1(OC)CCNCC1.Cl. The Morgan fingerprint density at radius 2 is 2.09 bits per heavy atom. The molecular weight excluding hydrogens is 307 g/mol. The number of rotatable bonds is 5. The van der Waals surface area contributed by atoms with Crippen LogP contribution < -0.4 is 5.32 Å². The summed E-state index contributed by atoms with van der Waals surface area (Å²) < 4.78 is 18.9. The minimum Gasteiger partial charge on any atom is -0.368 e. The zero-order valence-corrected chi connectivity index (χ0v) is 13.9. The molecule has 1 aromatic rings. The summed E-state index contributed by atoms with van der Waals surface area (Å²) in [6.07, 6.45) is 1.34. The summed E-state index contributed by atoms with van der Waals surface area (Å²) in [6.45, 7) is 4.47. The van der Waals surface area contributed by atoms with Crippen molar-refractivity contribution in [2.75, 3.05) is 26.7 Å². The van der Waals surface area contributed by atoms with Crippen molar-refractivity contribution in [3.8, 4) is 0 Å². The Kier molecular flexibility index (Phi) is 7.26. The first-order valence-electron chi connectivity index (χ1n) is 7.41. The van der Waals surface area contributed by atoms with Gasteiger partial charge in [-0.05, 0) is 50.6 Å². The van der Waals surface area contributed by atoms with Gasteiger partial charge >= 0.3 is 0 Å². The van der Waals surface area contributed by atoms with E-state index >= 15 is 0 Å². The van der Waals surface area contributed by atoms with E-state index in [-0.39, 0.29) is 24.1 Å². The molecule has 1 N–H and O–H groups in total. The van der Waals surface area contributed by atoms with Gasteiger partial charge in [0.15, 0.2) is 0 Å². The molecule has 4 nitrogen and oxygen atoms in total. The Hall–Kier alpha value is -1.17. The molecule has 22 heavy (non-hydrogen) atoms. The van der Waals surface area contributed by atoms with Gasteiger partial charge in [-0.2, -0.15) is 0 Å². The second-order valence-corrected chi connectivity index (χ2v) is 5.40. The van der Waals surface area contributed by atoms with Crippen molar-refractivity contribution in [1.29, 1.82) is 0 Å². The summed E-state index contributed by atoms with van der Waals surface area (Å²) in [4.78, 5) is 14.6. The van der Waals surface area contributed by atoms with Crippen LogP contribution in [-0.4, -0.2) is 43.2 Å². The number of nitrogens with one attached hydrogen (secondary N) is 1. The standard InChI is InChI=1S/C16H23FN2O2.ClH/c1-3-19(12-13-5-4-6-14(17)11-13)15(20)16(21-2)7-9-18-10-8-16;/h4-6,11,18H,3,7-10,12H2,1-2H3;1H. The molecule has 124 valence electrons. The van der Waals surface area contributed by atoms with E-state index in [1.165, 1.54) is 12.1 Å². The van der Waals surface area contributed by atoms with Crippen LogP contribution in [0.4, 0.5) is 4.39 Å². The van der Waals surface area contributed by atoms with Crippen LogP contribution in [0.1, 0.15) is 25.3 Å². The van der Waals surface area contributed by atoms with E-state index in [2.05, 4.69) is 5.32 Å². The summed E-state index contributed by atoms with van der Waals surface area (Å²) in [5.74, 6) is -0.280. The smallest absolute Gasteiger partial charge is 0.255 e. The Morgan fingerprint density at radius 1 is 1.41 bits per heavy atom. The van der Waals surface area contributed by atoms with Gasteiger partial charge in [0.2, 0.25) is 0 Å². The van der Waals surface area contributed by atoms with Gasteiger partial charge in [0.1, 0.15) is 11.4 Å². The quantitative estimate of drug-likeness (QED) is 0.901. The molecule has 1 aliphatic heterocycles. The molecule has 0 aliphatic carbocycles. The number of hydrogen-bond acceptors (Lipinski definition) is 3. The average Bonchev–Trinajstić information content (AvgIpc) is 2.52. The maximum atomic E-state index is 13.3. The van der Waals surface area contributed by atoms with Crippen LogP contribution >= 0.6 is 12.4 Å². The molecule has 0 unspecified atom stereocenters. The van der Waals surface area contributed by atoms with E-state index in [0.29, 0.717) is 25.9 Å². The number of nitrogens with zero attached hydrogens (tertiary/aromatic N) is 1. The molecule has 0 aromatic heterocycles. The number of methoxy groups -OCH3 is 1. The first kappa shape index (κ1) is 18.9. The molecule has 0 radical (unpaired) electrons. The van der Waals surface area contributed by atoms with E-state index in [9.17, 15) is 9.18 Å². The largest absolute Gasteiger partial charge is 0.368 e. The topological polar surface area (TPSA) is 41.6 Å². The second kappa shape index (κ2) is 8.46. The third kappa shape index (κ3) is 4.18. The van der Waals surface area contributed by atoms with E-state index in [0.717, 1.165) is 18.7 Å². The zero-order chi connectivity index (χ0) is 15.3. The highest BCUT2D eigenvalue weighted by molar-refractivity contribution is 5.85. The van der Waals surface area contributed by atoms with Crippen molar-refractivity contribution in [2.24, 2.45) is 0 Å². The number of carbonyl (C=O) groups excluding carboxylic acids is 1. The molecule has 1 fully saturated rings.